The van der Waals surface area contributed by atoms with Gasteiger partial charge in [0.15, 0.2) is 5.16 Å². The van der Waals surface area contributed by atoms with Gasteiger partial charge in [-0.25, -0.2) is 4.98 Å². The molecule has 0 bridgehead atoms. The van der Waals surface area contributed by atoms with Crippen molar-refractivity contribution in [2.24, 2.45) is 0 Å². The van der Waals surface area contributed by atoms with E-state index in [9.17, 15) is 18.0 Å². The molecule has 9 heteroatoms. The van der Waals surface area contributed by atoms with Crippen LogP contribution in [0.3, 0.4) is 0 Å². The van der Waals surface area contributed by atoms with Crippen LogP contribution in [0.15, 0.2) is 53.7 Å². The number of nitrogens with one attached hydrogen (secondary N) is 1. The molecule has 29 heavy (non-hydrogen) atoms. The largest absolute Gasteiger partial charge is 0.416 e. The third-order valence-corrected chi connectivity index (χ3v) is 5.73. The highest BCUT2D eigenvalue weighted by molar-refractivity contribution is 7.99. The number of aromatic nitrogens is 2. The van der Waals surface area contributed by atoms with Crippen LogP contribution >= 0.6 is 11.8 Å². The van der Waals surface area contributed by atoms with E-state index in [2.05, 4.69) is 9.97 Å². The molecule has 0 unspecified atom stereocenters. The lowest BCUT2D eigenvalue weighted by atomic mass is 10.1. The van der Waals surface area contributed by atoms with E-state index < -0.39 is 11.7 Å². The Morgan fingerprint density at radius 2 is 1.83 bits per heavy atom. The number of benzene rings is 2. The number of hydrogen-bond donors (Lipinski definition) is 1. The number of fused-ring (bicyclic) bond motifs is 1. The van der Waals surface area contributed by atoms with Crippen LogP contribution in [0.5, 0.6) is 0 Å². The molecule has 0 saturated carbocycles. The van der Waals surface area contributed by atoms with Crippen LogP contribution < -0.4 is 4.90 Å². The Labute approximate surface area is 169 Å². The lowest BCUT2D eigenvalue weighted by Crippen LogP contribution is -2.49. The summed E-state index contributed by atoms with van der Waals surface area (Å²) in [5, 5.41) is 0.696. The van der Waals surface area contributed by atoms with Crippen LogP contribution in [0.2, 0.25) is 0 Å². The number of H-pyrrole nitrogens is 1. The van der Waals surface area contributed by atoms with Gasteiger partial charge in [-0.2, -0.15) is 13.2 Å². The monoisotopic (exact) mass is 420 g/mol. The summed E-state index contributed by atoms with van der Waals surface area (Å²) in [5.74, 6) is 0.266. The lowest BCUT2D eigenvalue weighted by molar-refractivity contribution is -0.137. The van der Waals surface area contributed by atoms with E-state index >= 15 is 0 Å². The summed E-state index contributed by atoms with van der Waals surface area (Å²) in [6.07, 6.45) is -4.36. The number of carbonyl (C=O) groups is 1. The van der Waals surface area contributed by atoms with Crippen LogP contribution in [0.1, 0.15) is 5.56 Å². The summed E-state index contributed by atoms with van der Waals surface area (Å²) < 4.78 is 38.7. The Kier molecular flexibility index (Phi) is 5.40. The minimum absolute atomic E-state index is 0.000789. The van der Waals surface area contributed by atoms with E-state index in [-0.39, 0.29) is 11.7 Å². The summed E-state index contributed by atoms with van der Waals surface area (Å²) in [4.78, 5) is 23.8. The second-order valence-electron chi connectivity index (χ2n) is 6.76. The third kappa shape index (κ3) is 4.50. The second-order valence-corrected chi connectivity index (χ2v) is 7.73. The molecule has 1 fully saturated rings. The van der Waals surface area contributed by atoms with Crippen LogP contribution in [0, 0.1) is 0 Å². The average Bonchev–Trinajstić information content (AvgIpc) is 3.15. The zero-order valence-electron chi connectivity index (χ0n) is 15.4. The van der Waals surface area contributed by atoms with Gasteiger partial charge in [0.1, 0.15) is 0 Å². The van der Waals surface area contributed by atoms with Gasteiger partial charge >= 0.3 is 6.18 Å². The van der Waals surface area contributed by atoms with Gasteiger partial charge < -0.3 is 14.8 Å². The maximum Gasteiger partial charge on any atom is 0.416 e. The third-order valence-electron chi connectivity index (χ3n) is 4.87. The van der Waals surface area contributed by atoms with Crippen molar-refractivity contribution in [3.8, 4) is 0 Å². The Morgan fingerprint density at radius 3 is 2.55 bits per heavy atom. The highest BCUT2D eigenvalue weighted by Crippen LogP contribution is 2.32. The summed E-state index contributed by atoms with van der Waals surface area (Å²) in [7, 11) is 0. The normalized spacial score (nSPS) is 15.1. The first kappa shape index (κ1) is 19.6. The number of thioether (sulfide) groups is 1. The zero-order chi connectivity index (χ0) is 20.4. The number of anilines is 1. The van der Waals surface area contributed by atoms with Crippen LogP contribution in [0.4, 0.5) is 18.9 Å². The molecule has 5 nitrogen and oxygen atoms in total. The van der Waals surface area contributed by atoms with E-state index in [0.29, 0.717) is 37.0 Å². The molecule has 1 aromatic heterocycles. The molecule has 2 aromatic carbocycles. The number of rotatable bonds is 4. The molecule has 2 heterocycles. The molecule has 0 atom stereocenters. The number of imidazole rings is 1. The fraction of sp³-hybridized carbons (Fsp3) is 0.300. The van der Waals surface area contributed by atoms with Crippen molar-refractivity contribution in [3.05, 3.63) is 54.1 Å². The highest BCUT2D eigenvalue weighted by atomic mass is 32.2. The van der Waals surface area contributed by atoms with Crippen molar-refractivity contribution in [2.45, 2.75) is 11.3 Å². The maximum atomic E-state index is 12.9. The van der Waals surface area contributed by atoms with Crippen LogP contribution in [-0.4, -0.2) is 52.7 Å². The molecule has 3 aromatic rings. The number of piperazine rings is 1. The number of aromatic amines is 1. The topological polar surface area (TPSA) is 52.2 Å². The quantitative estimate of drug-likeness (QED) is 0.648. The summed E-state index contributed by atoms with van der Waals surface area (Å²) in [6.45, 7) is 1.97. The van der Waals surface area contributed by atoms with Gasteiger partial charge in [-0.05, 0) is 30.3 Å². The first-order valence-corrected chi connectivity index (χ1v) is 10.2. The van der Waals surface area contributed by atoms with Gasteiger partial charge in [-0.3, -0.25) is 4.79 Å². The summed E-state index contributed by atoms with van der Waals surface area (Å²) in [5.41, 5.74) is 1.66. The van der Waals surface area contributed by atoms with Crippen molar-refractivity contribution in [2.75, 3.05) is 36.8 Å². The van der Waals surface area contributed by atoms with Crippen molar-refractivity contribution < 1.29 is 18.0 Å². The molecule has 1 aliphatic heterocycles. The predicted molar refractivity (Wildman–Crippen MR) is 107 cm³/mol. The Balaban J connectivity index is 1.31. The molecule has 0 spiro atoms. The number of halogens is 3. The molecule has 1 aliphatic rings. The molecule has 1 amide bonds. The first-order valence-electron chi connectivity index (χ1n) is 9.18. The number of alkyl halides is 3. The molecule has 152 valence electrons. The fourth-order valence-electron chi connectivity index (χ4n) is 3.31. The van der Waals surface area contributed by atoms with Crippen molar-refractivity contribution in [3.63, 3.8) is 0 Å². The van der Waals surface area contributed by atoms with E-state index in [1.807, 2.05) is 29.2 Å². The van der Waals surface area contributed by atoms with Gasteiger partial charge in [0, 0.05) is 31.9 Å². The zero-order valence-corrected chi connectivity index (χ0v) is 16.3. The SMILES string of the molecule is O=C(CSc1nc2ccccc2[nH]1)N1CCN(c2cccc(C(F)(F)F)c2)CC1. The summed E-state index contributed by atoms with van der Waals surface area (Å²) >= 11 is 1.35. The smallest absolute Gasteiger partial charge is 0.368 e. The Hall–Kier alpha value is -2.68. The molecule has 0 radical (unpaired) electrons. The first-order chi connectivity index (χ1) is 13.9. The number of para-hydroxylation sites is 2. The van der Waals surface area contributed by atoms with Crippen molar-refractivity contribution in [1.82, 2.24) is 14.9 Å². The maximum absolute atomic E-state index is 12.9. The van der Waals surface area contributed by atoms with E-state index in [0.717, 1.165) is 23.2 Å². The Bertz CT molecular complexity index is 979. The second kappa shape index (κ2) is 7.98. The molecule has 1 saturated heterocycles. The van der Waals surface area contributed by atoms with E-state index in [1.54, 1.807) is 11.0 Å². The van der Waals surface area contributed by atoms with Crippen molar-refractivity contribution in [1.29, 1.82) is 0 Å². The van der Waals surface area contributed by atoms with E-state index in [1.165, 1.54) is 17.8 Å². The molecular weight excluding hydrogens is 401 g/mol. The molecule has 0 aliphatic carbocycles. The van der Waals surface area contributed by atoms with Gasteiger partial charge in [0.05, 0.1) is 22.3 Å². The molecule has 4 rings (SSSR count). The number of nitrogens with zero attached hydrogens (tertiary/aromatic N) is 3. The number of amides is 1. The van der Waals surface area contributed by atoms with Gasteiger partial charge in [0.25, 0.3) is 0 Å². The van der Waals surface area contributed by atoms with E-state index in [4.69, 9.17) is 0 Å². The standard InChI is InChI=1S/C20H19F3N4OS/c21-20(22,23)14-4-3-5-15(12-14)26-8-10-27(11-9-26)18(28)13-29-19-24-16-6-1-2-7-17(16)25-19/h1-7,12H,8-11,13H2,(H,24,25). The van der Waals surface area contributed by atoms with Crippen LogP contribution in [0.25, 0.3) is 11.0 Å². The van der Waals surface area contributed by atoms with Gasteiger partial charge in [0.2, 0.25) is 5.91 Å². The summed E-state index contributed by atoms with van der Waals surface area (Å²) in [6, 6.07) is 13.0. The van der Waals surface area contributed by atoms with Gasteiger partial charge in [-0.1, -0.05) is 30.0 Å². The molecule has 1 N–H and O–H groups in total. The predicted octanol–water partition coefficient (Wildman–Crippen LogP) is 4.02. The number of carbonyl (C=O) groups excluding carboxylic acids is 1. The minimum Gasteiger partial charge on any atom is -0.368 e. The minimum atomic E-state index is -4.36. The highest BCUT2D eigenvalue weighted by Gasteiger charge is 2.31. The molecular formula is C20H19F3N4OS. The average molecular weight is 420 g/mol. The van der Waals surface area contributed by atoms with Crippen LogP contribution in [-0.2, 0) is 11.0 Å². The lowest BCUT2D eigenvalue weighted by Gasteiger charge is -2.36. The number of hydrogen-bond acceptors (Lipinski definition) is 4. The Morgan fingerprint density at radius 1 is 1.07 bits per heavy atom. The van der Waals surface area contributed by atoms with Gasteiger partial charge in [-0.15, -0.1) is 0 Å². The fourth-order valence-corrected chi connectivity index (χ4v) is 4.10. The van der Waals surface area contributed by atoms with Crippen molar-refractivity contribution >= 4 is 34.4 Å².